The Morgan fingerprint density at radius 1 is 1.27 bits per heavy atom. The molecule has 0 amide bonds. The highest BCUT2D eigenvalue weighted by Gasteiger charge is 2.07. The molecule has 4 heteroatoms. The number of hydrogen-bond acceptors (Lipinski definition) is 2. The molecule has 0 saturated carbocycles. The highest BCUT2D eigenvalue weighted by Crippen LogP contribution is 2.31. The van der Waals surface area contributed by atoms with Crippen LogP contribution in [-0.4, -0.2) is 0 Å². The molecule has 0 aliphatic rings. The summed E-state index contributed by atoms with van der Waals surface area (Å²) in [5.74, 6) is 1.56. The van der Waals surface area contributed by atoms with Crippen LogP contribution in [0.3, 0.4) is 0 Å². The summed E-state index contributed by atoms with van der Waals surface area (Å²) in [5.41, 5.74) is 6.45. The first-order valence-electron chi connectivity index (χ1n) is 4.45. The Balaban J connectivity index is 2.44. The van der Waals surface area contributed by atoms with Crippen LogP contribution in [0.5, 0.6) is 0 Å². The van der Waals surface area contributed by atoms with Crippen molar-refractivity contribution in [3.05, 3.63) is 45.6 Å². The zero-order valence-corrected chi connectivity index (χ0v) is 10.2. The summed E-state index contributed by atoms with van der Waals surface area (Å²) in [4.78, 5) is 0. The molecule has 0 aliphatic carbocycles. The molecule has 78 valence electrons. The lowest BCUT2D eigenvalue weighted by Crippen LogP contribution is -1.92. The molecule has 2 aromatic rings. The first-order valence-corrected chi connectivity index (χ1v) is 5.62. The van der Waals surface area contributed by atoms with Crippen LogP contribution < -0.4 is 5.73 Å². The highest BCUT2D eigenvalue weighted by molar-refractivity contribution is 9.10. The maximum absolute atomic E-state index is 5.86. The Morgan fingerprint density at radius 2 is 2.07 bits per heavy atom. The summed E-state index contributed by atoms with van der Waals surface area (Å²) in [6.07, 6.45) is 0. The molecule has 2 rings (SSSR count). The predicted octanol–water partition coefficient (Wildman–Crippen LogP) is 3.82. The van der Waals surface area contributed by atoms with Crippen LogP contribution in [0.2, 0.25) is 5.02 Å². The largest absolute Gasteiger partial charge is 0.460 e. The van der Waals surface area contributed by atoms with Crippen molar-refractivity contribution in [3.63, 3.8) is 0 Å². The second-order valence-electron chi connectivity index (χ2n) is 3.09. The fourth-order valence-corrected chi connectivity index (χ4v) is 2.20. The van der Waals surface area contributed by atoms with Gasteiger partial charge in [0.25, 0.3) is 0 Å². The summed E-state index contributed by atoms with van der Waals surface area (Å²) in [7, 11) is 0. The van der Waals surface area contributed by atoms with Gasteiger partial charge in [-0.15, -0.1) is 0 Å². The number of nitrogens with two attached hydrogens (primary N) is 1. The molecule has 1 aromatic carbocycles. The zero-order valence-electron chi connectivity index (χ0n) is 7.84. The van der Waals surface area contributed by atoms with Gasteiger partial charge in [0.1, 0.15) is 11.5 Å². The van der Waals surface area contributed by atoms with E-state index in [0.717, 1.165) is 21.6 Å². The van der Waals surface area contributed by atoms with E-state index in [2.05, 4.69) is 15.9 Å². The molecule has 0 aliphatic heterocycles. The van der Waals surface area contributed by atoms with E-state index in [0.29, 0.717) is 11.6 Å². The lowest BCUT2D eigenvalue weighted by molar-refractivity contribution is 0.525. The minimum Gasteiger partial charge on any atom is -0.460 e. The van der Waals surface area contributed by atoms with Gasteiger partial charge in [0, 0.05) is 15.1 Å². The van der Waals surface area contributed by atoms with Gasteiger partial charge < -0.3 is 10.2 Å². The third-order valence-corrected chi connectivity index (χ3v) is 2.95. The van der Waals surface area contributed by atoms with E-state index in [-0.39, 0.29) is 0 Å². The lowest BCUT2D eigenvalue weighted by Gasteiger charge is -2.01. The van der Waals surface area contributed by atoms with Gasteiger partial charge in [0.05, 0.1) is 6.54 Å². The SMILES string of the molecule is NCc1ccc(-c2ccc(Cl)cc2Br)o1. The van der Waals surface area contributed by atoms with Crippen LogP contribution in [0.15, 0.2) is 39.2 Å². The van der Waals surface area contributed by atoms with E-state index in [4.69, 9.17) is 21.8 Å². The van der Waals surface area contributed by atoms with Gasteiger partial charge in [-0.1, -0.05) is 11.6 Å². The van der Waals surface area contributed by atoms with E-state index in [1.54, 1.807) is 0 Å². The molecular formula is C11H9BrClNO. The molecule has 0 radical (unpaired) electrons. The fourth-order valence-electron chi connectivity index (χ4n) is 1.32. The summed E-state index contributed by atoms with van der Waals surface area (Å²) >= 11 is 9.30. The molecule has 1 heterocycles. The number of hydrogen-bond donors (Lipinski definition) is 1. The van der Waals surface area contributed by atoms with Crippen molar-refractivity contribution in [2.75, 3.05) is 0 Å². The normalized spacial score (nSPS) is 10.6. The standard InChI is InChI=1S/C11H9BrClNO/c12-10-5-7(13)1-3-9(10)11-4-2-8(6-14)15-11/h1-5H,6,14H2. The van der Waals surface area contributed by atoms with Crippen molar-refractivity contribution in [3.8, 4) is 11.3 Å². The molecular weight excluding hydrogens is 277 g/mol. The Kier molecular flexibility index (Phi) is 3.14. The second kappa shape index (κ2) is 4.39. The summed E-state index contributed by atoms with van der Waals surface area (Å²) < 4.78 is 6.45. The number of furan rings is 1. The van der Waals surface area contributed by atoms with E-state index in [1.807, 2.05) is 30.3 Å². The average molecular weight is 287 g/mol. The molecule has 15 heavy (non-hydrogen) atoms. The quantitative estimate of drug-likeness (QED) is 0.911. The minimum absolute atomic E-state index is 0.408. The Hall–Kier alpha value is -0.770. The molecule has 2 N–H and O–H groups in total. The first-order chi connectivity index (χ1) is 7.20. The molecule has 0 fully saturated rings. The fraction of sp³-hybridized carbons (Fsp3) is 0.0909. The number of halogens is 2. The van der Waals surface area contributed by atoms with Gasteiger partial charge in [0.2, 0.25) is 0 Å². The topological polar surface area (TPSA) is 39.2 Å². The Labute approximate surface area is 101 Å². The van der Waals surface area contributed by atoms with Gasteiger partial charge in [0.15, 0.2) is 0 Å². The van der Waals surface area contributed by atoms with E-state index in [9.17, 15) is 0 Å². The molecule has 2 nitrogen and oxygen atoms in total. The summed E-state index contributed by atoms with van der Waals surface area (Å²) in [6.45, 7) is 0.408. The Bertz CT molecular complexity index is 481. The maximum Gasteiger partial charge on any atom is 0.135 e. The lowest BCUT2D eigenvalue weighted by atomic mass is 10.2. The average Bonchev–Trinajstić information content (AvgIpc) is 2.66. The Morgan fingerprint density at radius 3 is 2.67 bits per heavy atom. The van der Waals surface area contributed by atoms with Crippen molar-refractivity contribution in [1.82, 2.24) is 0 Å². The number of benzene rings is 1. The zero-order chi connectivity index (χ0) is 10.8. The maximum atomic E-state index is 5.86. The van der Waals surface area contributed by atoms with Crippen molar-refractivity contribution in [2.45, 2.75) is 6.54 Å². The van der Waals surface area contributed by atoms with Gasteiger partial charge in [-0.3, -0.25) is 0 Å². The summed E-state index contributed by atoms with van der Waals surface area (Å²) in [6, 6.07) is 9.34. The van der Waals surface area contributed by atoms with Crippen molar-refractivity contribution < 1.29 is 4.42 Å². The van der Waals surface area contributed by atoms with Crippen LogP contribution in [0.1, 0.15) is 5.76 Å². The third-order valence-electron chi connectivity index (χ3n) is 2.06. The molecule has 0 atom stereocenters. The van der Waals surface area contributed by atoms with Crippen LogP contribution in [0.4, 0.5) is 0 Å². The van der Waals surface area contributed by atoms with Crippen molar-refractivity contribution in [1.29, 1.82) is 0 Å². The molecule has 1 aromatic heterocycles. The third kappa shape index (κ3) is 2.25. The highest BCUT2D eigenvalue weighted by atomic mass is 79.9. The van der Waals surface area contributed by atoms with Crippen LogP contribution in [-0.2, 0) is 6.54 Å². The van der Waals surface area contributed by atoms with Crippen molar-refractivity contribution in [2.24, 2.45) is 5.73 Å². The first kappa shape index (κ1) is 10.7. The van der Waals surface area contributed by atoms with E-state index < -0.39 is 0 Å². The van der Waals surface area contributed by atoms with Crippen LogP contribution in [0, 0.1) is 0 Å². The van der Waals surface area contributed by atoms with Crippen LogP contribution in [0.25, 0.3) is 11.3 Å². The number of rotatable bonds is 2. The molecule has 0 saturated heterocycles. The van der Waals surface area contributed by atoms with Gasteiger partial charge in [-0.25, -0.2) is 0 Å². The molecule has 0 spiro atoms. The molecule has 0 unspecified atom stereocenters. The smallest absolute Gasteiger partial charge is 0.135 e. The second-order valence-corrected chi connectivity index (χ2v) is 4.39. The minimum atomic E-state index is 0.408. The van der Waals surface area contributed by atoms with Crippen LogP contribution >= 0.6 is 27.5 Å². The van der Waals surface area contributed by atoms with Gasteiger partial charge >= 0.3 is 0 Å². The van der Waals surface area contributed by atoms with Crippen molar-refractivity contribution >= 4 is 27.5 Å². The summed E-state index contributed by atoms with van der Waals surface area (Å²) in [5, 5.41) is 0.691. The monoisotopic (exact) mass is 285 g/mol. The predicted molar refractivity (Wildman–Crippen MR) is 64.7 cm³/mol. The molecule has 0 bridgehead atoms. The van der Waals surface area contributed by atoms with E-state index in [1.165, 1.54) is 0 Å². The van der Waals surface area contributed by atoms with Gasteiger partial charge in [-0.05, 0) is 46.3 Å². The van der Waals surface area contributed by atoms with E-state index >= 15 is 0 Å². The van der Waals surface area contributed by atoms with Gasteiger partial charge in [-0.2, -0.15) is 0 Å².